The van der Waals surface area contributed by atoms with E-state index in [1.165, 1.54) is 4.90 Å². The Morgan fingerprint density at radius 3 is 2.37 bits per heavy atom. The molecule has 0 unspecified atom stereocenters. The number of carboxylic acid groups (broad SMARTS) is 1. The van der Waals surface area contributed by atoms with E-state index >= 15 is 0 Å². The van der Waals surface area contributed by atoms with Crippen LogP contribution in [0.15, 0.2) is 30.3 Å². The highest BCUT2D eigenvalue weighted by atomic mass is 16.4. The van der Waals surface area contributed by atoms with Gasteiger partial charge < -0.3 is 10.0 Å². The number of amides is 1. The SMILES string of the molecule is O=C(O)CN(Cc1ccccc1)C(=O)C1CCCC1. The number of hydrogen-bond acceptors (Lipinski definition) is 2. The van der Waals surface area contributed by atoms with Crippen molar-refractivity contribution in [1.29, 1.82) is 0 Å². The van der Waals surface area contributed by atoms with Crippen LogP contribution < -0.4 is 0 Å². The molecule has 0 spiro atoms. The number of carbonyl (C=O) groups is 2. The summed E-state index contributed by atoms with van der Waals surface area (Å²) in [6.45, 7) is 0.159. The van der Waals surface area contributed by atoms with Gasteiger partial charge in [0.1, 0.15) is 6.54 Å². The van der Waals surface area contributed by atoms with Gasteiger partial charge >= 0.3 is 5.97 Å². The van der Waals surface area contributed by atoms with Gasteiger partial charge in [-0.25, -0.2) is 0 Å². The number of benzene rings is 1. The maximum atomic E-state index is 12.3. The van der Waals surface area contributed by atoms with Crippen molar-refractivity contribution >= 4 is 11.9 Å². The normalized spacial score (nSPS) is 15.4. The number of rotatable bonds is 5. The Balaban J connectivity index is 2.06. The second kappa shape index (κ2) is 6.36. The molecule has 0 aromatic heterocycles. The van der Waals surface area contributed by atoms with Gasteiger partial charge in [-0.3, -0.25) is 9.59 Å². The van der Waals surface area contributed by atoms with Gasteiger partial charge in [0.2, 0.25) is 5.91 Å². The molecule has 1 amide bonds. The van der Waals surface area contributed by atoms with Crippen molar-refractivity contribution in [2.75, 3.05) is 6.54 Å². The minimum atomic E-state index is -0.956. The maximum absolute atomic E-state index is 12.3. The van der Waals surface area contributed by atoms with Crippen molar-refractivity contribution < 1.29 is 14.7 Å². The molecule has 0 radical (unpaired) electrons. The minimum Gasteiger partial charge on any atom is -0.480 e. The van der Waals surface area contributed by atoms with E-state index in [1.54, 1.807) is 0 Å². The van der Waals surface area contributed by atoms with Crippen LogP contribution in [0.4, 0.5) is 0 Å². The Labute approximate surface area is 113 Å². The van der Waals surface area contributed by atoms with E-state index in [2.05, 4.69) is 0 Å². The zero-order valence-electron chi connectivity index (χ0n) is 10.9. The quantitative estimate of drug-likeness (QED) is 0.884. The lowest BCUT2D eigenvalue weighted by molar-refractivity contribution is -0.146. The van der Waals surface area contributed by atoms with Crippen molar-refractivity contribution in [3.8, 4) is 0 Å². The number of aliphatic carboxylic acids is 1. The summed E-state index contributed by atoms with van der Waals surface area (Å²) >= 11 is 0. The molecule has 4 nitrogen and oxygen atoms in total. The highest BCUT2D eigenvalue weighted by Gasteiger charge is 2.28. The molecule has 1 saturated carbocycles. The van der Waals surface area contributed by atoms with E-state index in [4.69, 9.17) is 5.11 Å². The highest BCUT2D eigenvalue weighted by Crippen LogP contribution is 2.27. The van der Waals surface area contributed by atoms with Crippen molar-refractivity contribution in [3.05, 3.63) is 35.9 Å². The Hall–Kier alpha value is -1.84. The van der Waals surface area contributed by atoms with Crippen LogP contribution >= 0.6 is 0 Å². The predicted octanol–water partition coefficient (Wildman–Crippen LogP) is 2.29. The molecule has 1 aromatic carbocycles. The standard InChI is InChI=1S/C15H19NO3/c17-14(18)11-16(10-12-6-2-1-3-7-12)15(19)13-8-4-5-9-13/h1-3,6-7,13H,4-5,8-11H2,(H,17,18). The van der Waals surface area contributed by atoms with Gasteiger partial charge in [-0.1, -0.05) is 43.2 Å². The number of nitrogens with zero attached hydrogens (tertiary/aromatic N) is 1. The van der Waals surface area contributed by atoms with E-state index in [-0.39, 0.29) is 18.4 Å². The van der Waals surface area contributed by atoms with E-state index in [1.807, 2.05) is 30.3 Å². The van der Waals surface area contributed by atoms with Crippen molar-refractivity contribution in [1.82, 2.24) is 4.90 Å². The van der Waals surface area contributed by atoms with Gasteiger partial charge in [0, 0.05) is 12.5 Å². The van der Waals surface area contributed by atoms with E-state index < -0.39 is 5.97 Å². The Morgan fingerprint density at radius 1 is 1.16 bits per heavy atom. The average Bonchev–Trinajstić information content (AvgIpc) is 2.91. The van der Waals surface area contributed by atoms with Crippen molar-refractivity contribution in [3.63, 3.8) is 0 Å². The summed E-state index contributed by atoms with van der Waals surface area (Å²) < 4.78 is 0. The zero-order chi connectivity index (χ0) is 13.7. The predicted molar refractivity (Wildman–Crippen MR) is 71.5 cm³/mol. The minimum absolute atomic E-state index is 0.0104. The Bertz CT molecular complexity index is 438. The maximum Gasteiger partial charge on any atom is 0.323 e. The lowest BCUT2D eigenvalue weighted by Gasteiger charge is -2.24. The number of carbonyl (C=O) groups excluding carboxylic acids is 1. The van der Waals surface area contributed by atoms with Crippen LogP contribution in [0, 0.1) is 5.92 Å². The first-order valence-corrected chi connectivity index (χ1v) is 6.71. The molecule has 1 N–H and O–H groups in total. The van der Waals surface area contributed by atoms with Gasteiger partial charge in [-0.15, -0.1) is 0 Å². The summed E-state index contributed by atoms with van der Waals surface area (Å²) in [6, 6.07) is 9.53. The van der Waals surface area contributed by atoms with Gasteiger partial charge in [-0.05, 0) is 18.4 Å². The van der Waals surface area contributed by atoms with Crippen LogP contribution in [-0.2, 0) is 16.1 Å². The second-order valence-electron chi connectivity index (χ2n) is 5.06. The molecular weight excluding hydrogens is 242 g/mol. The molecule has 1 fully saturated rings. The van der Waals surface area contributed by atoms with E-state index in [0.717, 1.165) is 31.2 Å². The van der Waals surface area contributed by atoms with Crippen molar-refractivity contribution in [2.45, 2.75) is 32.2 Å². The molecule has 0 heterocycles. The zero-order valence-corrected chi connectivity index (χ0v) is 10.9. The smallest absolute Gasteiger partial charge is 0.323 e. The summed E-state index contributed by atoms with van der Waals surface area (Å²) in [6.07, 6.45) is 3.93. The molecule has 1 aromatic rings. The fourth-order valence-corrected chi connectivity index (χ4v) is 2.61. The molecule has 19 heavy (non-hydrogen) atoms. The largest absolute Gasteiger partial charge is 0.480 e. The van der Waals surface area contributed by atoms with Crippen LogP contribution in [-0.4, -0.2) is 28.4 Å². The number of hydrogen-bond donors (Lipinski definition) is 1. The molecule has 102 valence electrons. The molecule has 4 heteroatoms. The van der Waals surface area contributed by atoms with Crippen LogP contribution in [0.25, 0.3) is 0 Å². The third kappa shape index (κ3) is 3.81. The first-order valence-electron chi connectivity index (χ1n) is 6.71. The van der Waals surface area contributed by atoms with Crippen LogP contribution in [0.3, 0.4) is 0 Å². The Morgan fingerprint density at radius 2 is 1.79 bits per heavy atom. The van der Waals surface area contributed by atoms with Gasteiger partial charge in [0.15, 0.2) is 0 Å². The summed E-state index contributed by atoms with van der Waals surface area (Å²) in [7, 11) is 0. The van der Waals surface area contributed by atoms with E-state index in [0.29, 0.717) is 6.54 Å². The molecule has 0 saturated heterocycles. The van der Waals surface area contributed by atoms with Gasteiger partial charge in [0.25, 0.3) is 0 Å². The second-order valence-corrected chi connectivity index (χ2v) is 5.06. The fourth-order valence-electron chi connectivity index (χ4n) is 2.61. The summed E-state index contributed by atoms with van der Waals surface area (Å²) in [5.41, 5.74) is 0.968. The molecule has 2 rings (SSSR count). The summed E-state index contributed by atoms with van der Waals surface area (Å²) in [5.74, 6) is -0.950. The van der Waals surface area contributed by atoms with Gasteiger partial charge in [0.05, 0.1) is 0 Å². The molecule has 1 aliphatic carbocycles. The van der Waals surface area contributed by atoms with Crippen LogP contribution in [0.1, 0.15) is 31.2 Å². The molecular formula is C15H19NO3. The number of carboxylic acids is 1. The van der Waals surface area contributed by atoms with E-state index in [9.17, 15) is 9.59 Å². The molecule has 0 aliphatic heterocycles. The fraction of sp³-hybridized carbons (Fsp3) is 0.467. The van der Waals surface area contributed by atoms with Gasteiger partial charge in [-0.2, -0.15) is 0 Å². The topological polar surface area (TPSA) is 57.6 Å². The summed E-state index contributed by atoms with van der Waals surface area (Å²) in [4.78, 5) is 24.7. The first-order chi connectivity index (χ1) is 9.16. The average molecular weight is 261 g/mol. The Kier molecular flexibility index (Phi) is 4.55. The third-order valence-corrected chi connectivity index (χ3v) is 3.56. The lowest BCUT2D eigenvalue weighted by atomic mass is 10.1. The highest BCUT2D eigenvalue weighted by molar-refractivity contribution is 5.83. The third-order valence-electron chi connectivity index (χ3n) is 3.56. The first kappa shape index (κ1) is 13.6. The molecule has 1 aliphatic rings. The van der Waals surface area contributed by atoms with Crippen LogP contribution in [0.5, 0.6) is 0 Å². The lowest BCUT2D eigenvalue weighted by Crippen LogP contribution is -2.38. The molecule has 0 bridgehead atoms. The summed E-state index contributed by atoms with van der Waals surface area (Å²) in [5, 5.41) is 8.96. The molecule has 0 atom stereocenters. The van der Waals surface area contributed by atoms with Crippen molar-refractivity contribution in [2.24, 2.45) is 5.92 Å². The van der Waals surface area contributed by atoms with Crippen LogP contribution in [0.2, 0.25) is 0 Å². The monoisotopic (exact) mass is 261 g/mol.